The van der Waals surface area contributed by atoms with Gasteiger partial charge in [0.25, 0.3) is 0 Å². The predicted octanol–water partition coefficient (Wildman–Crippen LogP) is 4.20. The molecule has 1 aromatic heterocycles. The second kappa shape index (κ2) is 16.4. The molecule has 212 valence electrons. The number of carbonyl (C=O) groups excluding carboxylic acids is 2. The van der Waals surface area contributed by atoms with Gasteiger partial charge in [0.15, 0.2) is 0 Å². The molecule has 1 aliphatic heterocycles. The van der Waals surface area contributed by atoms with Crippen molar-refractivity contribution in [2.24, 2.45) is 24.6 Å². The van der Waals surface area contributed by atoms with Crippen LogP contribution in [0.5, 0.6) is 0 Å². The lowest BCUT2D eigenvalue weighted by Crippen LogP contribution is -2.37. The summed E-state index contributed by atoms with van der Waals surface area (Å²) in [6.07, 6.45) is 8.55. The zero-order valence-corrected chi connectivity index (χ0v) is 23.8. The number of aliphatic hydroxyl groups is 1. The second-order valence-electron chi connectivity index (χ2n) is 9.51. The molecule has 0 spiro atoms. The summed E-state index contributed by atoms with van der Waals surface area (Å²) in [6.45, 7) is 8.57. The Morgan fingerprint density at radius 3 is 2.16 bits per heavy atom. The summed E-state index contributed by atoms with van der Waals surface area (Å²) in [7, 11) is 4.38. The largest absolute Gasteiger partial charge is 0.400 e. The number of rotatable bonds is 3. The molecule has 1 aromatic carbocycles. The van der Waals surface area contributed by atoms with E-state index in [2.05, 4.69) is 23.6 Å². The van der Waals surface area contributed by atoms with Crippen LogP contribution >= 0.6 is 11.6 Å². The molecular weight excluding hydrogens is 509 g/mol. The summed E-state index contributed by atoms with van der Waals surface area (Å²) in [5.74, 6) is 2.15. The van der Waals surface area contributed by atoms with E-state index in [-0.39, 0.29) is 5.02 Å². The highest BCUT2D eigenvalue weighted by Gasteiger charge is 2.45. The number of fused-ring (bicyclic) bond motifs is 1. The Kier molecular flexibility index (Phi) is 14.4. The van der Waals surface area contributed by atoms with Crippen molar-refractivity contribution in [1.82, 2.24) is 14.7 Å². The number of benzene rings is 1. The molecule has 5 rings (SSSR count). The van der Waals surface area contributed by atoms with Crippen LogP contribution in [-0.2, 0) is 16.6 Å². The first kappa shape index (κ1) is 33.4. The Labute approximate surface area is 230 Å². The van der Waals surface area contributed by atoms with Crippen LogP contribution in [0.25, 0.3) is 11.1 Å². The average Bonchev–Trinajstić information content (AvgIpc) is 3.63. The van der Waals surface area contributed by atoms with E-state index in [1.807, 2.05) is 20.6 Å². The topological polar surface area (TPSA) is 127 Å². The maximum absolute atomic E-state index is 13.7. The first-order valence-electron chi connectivity index (χ1n) is 12.7. The van der Waals surface area contributed by atoms with Crippen LogP contribution in [0.4, 0.5) is 10.2 Å². The molecule has 0 saturated heterocycles. The van der Waals surface area contributed by atoms with Crippen LogP contribution in [0.2, 0.25) is 5.02 Å². The molecule has 0 bridgehead atoms. The lowest BCUT2D eigenvalue weighted by Gasteiger charge is -2.32. The Bertz CT molecular complexity index is 1030. The maximum Gasteiger partial charge on any atom is 0.141 e. The molecule has 2 atom stereocenters. The number of nitrogens with zero attached hydrogens (tertiary/aromatic N) is 3. The van der Waals surface area contributed by atoms with Crippen LogP contribution < -0.4 is 11.5 Å². The van der Waals surface area contributed by atoms with Gasteiger partial charge in [-0.15, -0.1) is 0 Å². The number of nitrogens with two attached hydrogens (primary N) is 2. The molecule has 0 radical (unpaired) electrons. The lowest BCUT2D eigenvalue weighted by atomic mass is 9.92. The normalized spacial score (nSPS) is 23.6. The van der Waals surface area contributed by atoms with Gasteiger partial charge >= 0.3 is 0 Å². The molecule has 2 saturated carbocycles. The Morgan fingerprint density at radius 2 is 1.66 bits per heavy atom. The highest BCUT2D eigenvalue weighted by atomic mass is 35.5. The highest BCUT2D eigenvalue weighted by Crippen LogP contribution is 2.53. The number of carbonyl (C=O) groups is 2. The molecule has 2 fully saturated rings. The van der Waals surface area contributed by atoms with Crippen molar-refractivity contribution in [2.45, 2.75) is 51.0 Å². The molecule has 8 nitrogen and oxygen atoms in total. The van der Waals surface area contributed by atoms with Crippen molar-refractivity contribution in [3.8, 4) is 11.1 Å². The molecule has 3 aliphatic rings. The predicted molar refractivity (Wildman–Crippen MR) is 152 cm³/mol. The minimum atomic E-state index is -0.409. The van der Waals surface area contributed by atoms with Gasteiger partial charge in [-0.05, 0) is 75.6 Å². The van der Waals surface area contributed by atoms with Gasteiger partial charge in [-0.25, -0.2) is 4.39 Å². The van der Waals surface area contributed by atoms with E-state index in [9.17, 15) is 4.39 Å². The summed E-state index contributed by atoms with van der Waals surface area (Å²) < 4.78 is 15.4. The van der Waals surface area contributed by atoms with Crippen molar-refractivity contribution in [1.29, 1.82) is 0 Å². The number of hydrogen-bond donors (Lipinski definition) is 3. The van der Waals surface area contributed by atoms with Crippen LogP contribution in [0, 0.1) is 17.7 Å². The number of aliphatic hydroxyl groups excluding tert-OH is 1. The van der Waals surface area contributed by atoms with E-state index in [0.29, 0.717) is 11.7 Å². The average molecular weight is 552 g/mol. The smallest absolute Gasteiger partial charge is 0.141 e. The van der Waals surface area contributed by atoms with E-state index in [4.69, 9.17) is 37.1 Å². The Morgan fingerprint density at radius 1 is 1.08 bits per heavy atom. The third-order valence-corrected chi connectivity index (χ3v) is 7.98. The van der Waals surface area contributed by atoms with E-state index in [0.717, 1.165) is 48.4 Å². The lowest BCUT2D eigenvalue weighted by molar-refractivity contribution is -0.0987. The summed E-state index contributed by atoms with van der Waals surface area (Å²) in [6, 6.07) is 5.58. The fourth-order valence-corrected chi connectivity index (χ4v) is 6.20. The number of hydrogen-bond acceptors (Lipinski definition) is 7. The van der Waals surface area contributed by atoms with E-state index < -0.39 is 5.82 Å². The second-order valence-corrected chi connectivity index (χ2v) is 9.91. The van der Waals surface area contributed by atoms with Crippen molar-refractivity contribution in [3.05, 3.63) is 46.4 Å². The van der Waals surface area contributed by atoms with Crippen LogP contribution in [0.1, 0.15) is 50.6 Å². The fourth-order valence-electron chi connectivity index (χ4n) is 6.02. The van der Waals surface area contributed by atoms with Crippen LogP contribution in [0.3, 0.4) is 0 Å². The zero-order valence-electron chi connectivity index (χ0n) is 23.0. The van der Waals surface area contributed by atoms with Gasteiger partial charge in [0.1, 0.15) is 25.2 Å². The standard InChI is InChI=1S/C24H30ClFN4.CH5N.CH4O.2CH2O/c1-14-5-7-30(8-6-14)19-11-16-9-18(10-17(16)12-19)23-22(24(27)29(2)28-23)15-3-4-21(26)20(25)13-15;4*1-2/h3-5,13,16-19H,6-12,27H2,1-2H3;2H2,1H3;2H,1H3;2*1H2. The van der Waals surface area contributed by atoms with Gasteiger partial charge < -0.3 is 26.2 Å². The van der Waals surface area contributed by atoms with Crippen molar-refractivity contribution < 1.29 is 19.1 Å². The van der Waals surface area contributed by atoms with Gasteiger partial charge in [-0.1, -0.05) is 29.3 Å². The van der Waals surface area contributed by atoms with Gasteiger partial charge in [0, 0.05) is 44.8 Å². The Hall–Kier alpha value is -2.59. The number of aryl methyl sites for hydroxylation is 1. The third kappa shape index (κ3) is 7.50. The number of anilines is 1. The maximum atomic E-state index is 13.7. The molecule has 2 heterocycles. The van der Waals surface area contributed by atoms with Crippen molar-refractivity contribution in [3.63, 3.8) is 0 Å². The molecule has 0 amide bonds. The van der Waals surface area contributed by atoms with Gasteiger partial charge in [0.05, 0.1) is 10.7 Å². The minimum absolute atomic E-state index is 0.124. The summed E-state index contributed by atoms with van der Waals surface area (Å²) in [5.41, 5.74) is 15.3. The van der Waals surface area contributed by atoms with Crippen molar-refractivity contribution in [2.75, 3.05) is 33.0 Å². The van der Waals surface area contributed by atoms with Gasteiger partial charge in [-0.2, -0.15) is 5.10 Å². The van der Waals surface area contributed by atoms with Crippen LogP contribution in [0.15, 0.2) is 29.8 Å². The fraction of sp³-hybridized carbons (Fsp3) is 0.536. The SMILES string of the molecule is C=O.C=O.CC1=CCN(C2CC3CC(c4nn(C)c(N)c4-c4ccc(F)c(Cl)c4)CC3C2)CC1.CN.CO. The molecule has 2 unspecified atom stereocenters. The molecule has 38 heavy (non-hydrogen) atoms. The molecule has 2 aromatic rings. The summed E-state index contributed by atoms with van der Waals surface area (Å²) in [5, 5.41) is 11.9. The molecule has 10 heteroatoms. The quantitative estimate of drug-likeness (QED) is 0.488. The number of nitrogen functional groups attached to an aromatic ring is 1. The molecule has 5 N–H and O–H groups in total. The van der Waals surface area contributed by atoms with Gasteiger partial charge in [0.2, 0.25) is 0 Å². The number of aromatic nitrogens is 2. The molecular formula is C28H43ClFN5O3. The first-order valence-corrected chi connectivity index (χ1v) is 13.1. The Balaban J connectivity index is 0.000000829. The highest BCUT2D eigenvalue weighted by molar-refractivity contribution is 6.31. The minimum Gasteiger partial charge on any atom is -0.400 e. The summed E-state index contributed by atoms with van der Waals surface area (Å²) >= 11 is 6.06. The van der Waals surface area contributed by atoms with Crippen molar-refractivity contribution >= 4 is 31.0 Å². The van der Waals surface area contributed by atoms with E-state index >= 15 is 0 Å². The van der Waals surface area contributed by atoms with E-state index in [1.54, 1.807) is 16.8 Å². The zero-order chi connectivity index (χ0) is 29.0. The number of halogens is 2. The van der Waals surface area contributed by atoms with Crippen LogP contribution in [-0.4, -0.2) is 66.7 Å². The van der Waals surface area contributed by atoms with Gasteiger partial charge in [-0.3, -0.25) is 9.58 Å². The van der Waals surface area contributed by atoms with E-state index in [1.165, 1.54) is 57.3 Å². The summed E-state index contributed by atoms with van der Waals surface area (Å²) in [4.78, 5) is 18.7. The third-order valence-electron chi connectivity index (χ3n) is 7.69. The first-order chi connectivity index (χ1) is 18.4. The molecule has 2 aliphatic carbocycles. The monoisotopic (exact) mass is 551 g/mol.